The molecule has 29 heavy (non-hydrogen) atoms. The van der Waals surface area contributed by atoms with E-state index in [4.69, 9.17) is 5.11 Å². The maximum absolute atomic E-state index is 11.9. The molecular formula is C25H54N2O2+. The van der Waals surface area contributed by atoms with Crippen molar-refractivity contribution in [1.29, 1.82) is 0 Å². The van der Waals surface area contributed by atoms with Gasteiger partial charge in [-0.25, -0.2) is 0 Å². The van der Waals surface area contributed by atoms with E-state index in [9.17, 15) is 4.79 Å². The Hall–Kier alpha value is -0.610. The highest BCUT2D eigenvalue weighted by Gasteiger charge is 2.13. The molecule has 0 aliphatic heterocycles. The molecule has 175 valence electrons. The largest absolute Gasteiger partial charge is 0.391 e. The van der Waals surface area contributed by atoms with Crippen LogP contribution < -0.4 is 5.32 Å². The number of hydrogen-bond acceptors (Lipinski definition) is 2. The molecule has 0 aromatic rings. The summed E-state index contributed by atoms with van der Waals surface area (Å²) >= 11 is 0. The summed E-state index contributed by atoms with van der Waals surface area (Å²) < 4.78 is 0.811. The molecule has 1 amide bonds. The second-order valence-electron chi connectivity index (χ2n) is 9.51. The fourth-order valence-corrected chi connectivity index (χ4v) is 3.86. The van der Waals surface area contributed by atoms with Crippen LogP contribution in [0.25, 0.3) is 0 Å². The van der Waals surface area contributed by atoms with Crippen LogP contribution >= 0.6 is 0 Å². The average Bonchev–Trinajstić information content (AvgIpc) is 2.68. The van der Waals surface area contributed by atoms with Crippen molar-refractivity contribution in [2.24, 2.45) is 0 Å². The molecule has 1 radical (unpaired) electrons. The summed E-state index contributed by atoms with van der Waals surface area (Å²) in [5, 5.41) is 12.1. The topological polar surface area (TPSA) is 49.3 Å². The number of rotatable bonds is 22. The van der Waals surface area contributed by atoms with Gasteiger partial charge in [-0.3, -0.25) is 4.79 Å². The Balaban J connectivity index is 0. The molecule has 0 heterocycles. The Morgan fingerprint density at radius 1 is 0.724 bits per heavy atom. The van der Waals surface area contributed by atoms with Crippen molar-refractivity contribution < 1.29 is 15.8 Å². The number of hydrogen-bond donors (Lipinski definition) is 2. The smallest absolute Gasteiger partial charge is 0.219 e. The van der Waals surface area contributed by atoms with Crippen LogP contribution in [0.3, 0.4) is 0 Å². The first-order valence-corrected chi connectivity index (χ1v) is 12.7. The van der Waals surface area contributed by atoms with Gasteiger partial charge in [-0.15, -0.1) is 0 Å². The van der Waals surface area contributed by atoms with Gasteiger partial charge in [0.05, 0.1) is 27.2 Å². The molecule has 0 spiro atoms. The Morgan fingerprint density at radius 3 is 1.62 bits per heavy atom. The summed E-state index contributed by atoms with van der Waals surface area (Å²) in [6.45, 7) is 5.01. The van der Waals surface area contributed by atoms with Crippen LogP contribution in [0, 0.1) is 0 Å². The van der Waals surface area contributed by atoms with E-state index in [2.05, 4.69) is 26.3 Å². The van der Waals surface area contributed by atoms with Gasteiger partial charge in [0.15, 0.2) is 0 Å². The SMILES string of the molecule is CCCCCCCCCCCCCCCCCC(=O)NCCC[N+](C)(C)CCO.[H]. The van der Waals surface area contributed by atoms with Crippen LogP contribution in [0.4, 0.5) is 0 Å². The fourth-order valence-electron chi connectivity index (χ4n) is 3.86. The van der Waals surface area contributed by atoms with Crippen molar-refractivity contribution in [3.8, 4) is 0 Å². The van der Waals surface area contributed by atoms with Crippen molar-refractivity contribution in [3.05, 3.63) is 0 Å². The molecule has 0 fully saturated rings. The van der Waals surface area contributed by atoms with E-state index < -0.39 is 0 Å². The number of nitrogens with zero attached hydrogens (tertiary/aromatic N) is 1. The van der Waals surface area contributed by atoms with Crippen molar-refractivity contribution in [1.82, 2.24) is 5.32 Å². The molecule has 2 N–H and O–H groups in total. The predicted octanol–water partition coefficient (Wildman–Crippen LogP) is 5.94. The Morgan fingerprint density at radius 2 is 1.17 bits per heavy atom. The zero-order valence-corrected chi connectivity index (χ0v) is 20.2. The van der Waals surface area contributed by atoms with E-state index in [0.717, 1.165) is 37.0 Å². The van der Waals surface area contributed by atoms with Gasteiger partial charge in [0, 0.05) is 20.8 Å². The number of carbonyl (C=O) groups is 1. The number of aliphatic hydroxyl groups excluding tert-OH is 1. The zero-order chi connectivity index (χ0) is 21.6. The standard InChI is InChI=1S/C25H52N2O2.H/c1-4-5-6-7-8-9-10-11-12-13-14-15-16-17-18-20-25(29)26-21-19-22-27(2,3)23-24-28;/h28H,4-24H2,1-3H3;/p+1. The van der Waals surface area contributed by atoms with Gasteiger partial charge in [0.2, 0.25) is 5.91 Å². The molecule has 0 saturated heterocycles. The third kappa shape index (κ3) is 21.9. The Bertz CT molecular complexity index is 365. The number of carbonyl (C=O) groups excluding carboxylic acids is 1. The van der Waals surface area contributed by atoms with Gasteiger partial charge in [-0.1, -0.05) is 96.8 Å². The highest BCUT2D eigenvalue weighted by atomic mass is 16.3. The van der Waals surface area contributed by atoms with Gasteiger partial charge >= 0.3 is 0 Å². The molecule has 0 aliphatic rings. The molecule has 0 aromatic carbocycles. The Kier molecular flexibility index (Phi) is 20.2. The second kappa shape index (κ2) is 20.7. The van der Waals surface area contributed by atoms with E-state index in [-0.39, 0.29) is 13.9 Å². The van der Waals surface area contributed by atoms with Gasteiger partial charge in [0.1, 0.15) is 6.54 Å². The highest BCUT2D eigenvalue weighted by Crippen LogP contribution is 2.13. The number of amides is 1. The molecule has 0 unspecified atom stereocenters. The normalized spacial score (nSPS) is 11.7. The first kappa shape index (κ1) is 28.4. The number of likely N-dealkylation sites (N-methyl/N-ethyl adjacent to an activating group) is 1. The van der Waals surface area contributed by atoms with Crippen LogP contribution in [-0.2, 0) is 4.79 Å². The van der Waals surface area contributed by atoms with Crippen LogP contribution in [0.5, 0.6) is 0 Å². The van der Waals surface area contributed by atoms with Gasteiger partial charge < -0.3 is 14.9 Å². The summed E-state index contributed by atoms with van der Waals surface area (Å²) in [6.07, 6.45) is 22.0. The maximum atomic E-state index is 11.9. The quantitative estimate of drug-likeness (QED) is 0.170. The fraction of sp³-hybridized carbons (Fsp3) is 0.960. The molecule has 0 bridgehead atoms. The van der Waals surface area contributed by atoms with Crippen LogP contribution in [0.1, 0.15) is 118 Å². The molecular weight excluding hydrogens is 360 g/mol. The minimum atomic E-state index is 0. The van der Waals surface area contributed by atoms with Crippen molar-refractivity contribution >= 4 is 5.91 Å². The third-order valence-corrected chi connectivity index (χ3v) is 5.98. The lowest BCUT2D eigenvalue weighted by Gasteiger charge is -2.28. The summed E-state index contributed by atoms with van der Waals surface area (Å²) in [5.41, 5.74) is 0. The van der Waals surface area contributed by atoms with Gasteiger partial charge in [0.25, 0.3) is 0 Å². The lowest BCUT2D eigenvalue weighted by molar-refractivity contribution is -0.890. The summed E-state index contributed by atoms with van der Waals surface area (Å²) in [4.78, 5) is 11.9. The van der Waals surface area contributed by atoms with E-state index in [0.29, 0.717) is 6.42 Å². The minimum Gasteiger partial charge on any atom is -0.391 e. The van der Waals surface area contributed by atoms with Crippen molar-refractivity contribution in [3.63, 3.8) is 0 Å². The molecule has 0 atom stereocenters. The van der Waals surface area contributed by atoms with Crippen LogP contribution in [0.15, 0.2) is 0 Å². The summed E-state index contributed by atoms with van der Waals surface area (Å²) in [5.74, 6) is 0.201. The number of aliphatic hydroxyl groups is 1. The first-order valence-electron chi connectivity index (χ1n) is 12.7. The number of unbranched alkanes of at least 4 members (excludes halogenated alkanes) is 14. The lowest BCUT2D eigenvalue weighted by Crippen LogP contribution is -2.43. The van der Waals surface area contributed by atoms with Gasteiger partial charge in [-0.05, 0) is 6.42 Å². The molecule has 0 aromatic heterocycles. The molecule has 4 heteroatoms. The van der Waals surface area contributed by atoms with Crippen molar-refractivity contribution in [2.75, 3.05) is 40.3 Å². The molecule has 0 saturated carbocycles. The van der Waals surface area contributed by atoms with E-state index in [1.54, 1.807) is 0 Å². The molecule has 0 aliphatic carbocycles. The molecule has 4 nitrogen and oxygen atoms in total. The predicted molar refractivity (Wildman–Crippen MR) is 127 cm³/mol. The second-order valence-corrected chi connectivity index (χ2v) is 9.51. The monoisotopic (exact) mass is 414 g/mol. The molecule has 0 rings (SSSR count). The van der Waals surface area contributed by atoms with Crippen LogP contribution in [0.2, 0.25) is 0 Å². The average molecular weight is 415 g/mol. The van der Waals surface area contributed by atoms with Crippen molar-refractivity contribution in [2.45, 2.75) is 116 Å². The lowest BCUT2D eigenvalue weighted by atomic mass is 10.0. The highest BCUT2D eigenvalue weighted by molar-refractivity contribution is 5.75. The summed E-state index contributed by atoms with van der Waals surface area (Å²) in [7, 11) is 4.24. The van der Waals surface area contributed by atoms with E-state index >= 15 is 0 Å². The van der Waals surface area contributed by atoms with Gasteiger partial charge in [-0.2, -0.15) is 0 Å². The maximum Gasteiger partial charge on any atom is 0.219 e. The van der Waals surface area contributed by atoms with E-state index in [1.807, 2.05) is 0 Å². The summed E-state index contributed by atoms with van der Waals surface area (Å²) in [6, 6.07) is 0. The Labute approximate surface area is 183 Å². The first-order chi connectivity index (χ1) is 14.0. The third-order valence-electron chi connectivity index (χ3n) is 5.98. The van der Waals surface area contributed by atoms with Crippen LogP contribution in [-0.4, -0.2) is 55.8 Å². The minimum absolute atomic E-state index is 0. The number of nitrogens with one attached hydrogen (secondary N) is 1. The zero-order valence-electron chi connectivity index (χ0n) is 21.2. The van der Waals surface area contributed by atoms with E-state index in [1.165, 1.54) is 89.9 Å². The number of quaternary nitrogens is 1.